The zero-order valence-electron chi connectivity index (χ0n) is 46.6. The van der Waals surface area contributed by atoms with Crippen molar-refractivity contribution in [1.82, 2.24) is 5.32 Å². The number of carbonyl (C=O) groups excluding carboxylic acids is 2. The molecule has 0 spiro atoms. The Bertz CT molecular complexity index is 1080. The zero-order valence-corrected chi connectivity index (χ0v) is 46.6. The molecule has 0 radical (unpaired) electrons. The fourth-order valence-electron chi connectivity index (χ4n) is 9.69. The summed E-state index contributed by atoms with van der Waals surface area (Å²) in [6.07, 6.45) is 72.1. The van der Waals surface area contributed by atoms with Crippen molar-refractivity contribution < 1.29 is 24.5 Å². The van der Waals surface area contributed by atoms with Crippen LogP contribution < -0.4 is 5.32 Å². The molecule has 408 valence electrons. The van der Waals surface area contributed by atoms with Crippen LogP contribution in [0.5, 0.6) is 0 Å². The van der Waals surface area contributed by atoms with Crippen LogP contribution in [-0.4, -0.2) is 47.4 Å². The number of nitrogens with one attached hydrogen (secondary N) is 1. The van der Waals surface area contributed by atoms with Gasteiger partial charge in [0.15, 0.2) is 0 Å². The lowest BCUT2D eigenvalue weighted by molar-refractivity contribution is -0.143. The number of unbranched alkanes of at least 4 members (excludes halogenated alkanes) is 45. The Hall–Kier alpha value is -1.66. The first kappa shape index (κ1) is 67.3. The van der Waals surface area contributed by atoms with E-state index in [1.165, 1.54) is 270 Å². The van der Waals surface area contributed by atoms with Crippen LogP contribution in [0.15, 0.2) is 24.3 Å². The van der Waals surface area contributed by atoms with E-state index < -0.39 is 12.1 Å². The van der Waals surface area contributed by atoms with E-state index >= 15 is 0 Å². The number of hydrogen-bond donors (Lipinski definition) is 3. The largest absolute Gasteiger partial charge is 0.466 e. The third-order valence-electron chi connectivity index (χ3n) is 14.5. The maximum Gasteiger partial charge on any atom is 0.305 e. The Morgan fingerprint density at radius 1 is 0.391 bits per heavy atom. The molecule has 0 aliphatic carbocycles. The normalized spacial score (nSPS) is 12.7. The minimum Gasteiger partial charge on any atom is -0.466 e. The van der Waals surface area contributed by atoms with E-state index in [1.807, 2.05) is 6.08 Å². The molecule has 0 aromatic rings. The quantitative estimate of drug-likeness (QED) is 0.0321. The highest BCUT2D eigenvalue weighted by atomic mass is 16.5. The van der Waals surface area contributed by atoms with Gasteiger partial charge < -0.3 is 20.3 Å². The number of allylic oxidation sites excluding steroid dienone is 3. The van der Waals surface area contributed by atoms with Gasteiger partial charge in [0.1, 0.15) is 0 Å². The van der Waals surface area contributed by atoms with Crippen LogP contribution in [0.4, 0.5) is 0 Å². The summed E-state index contributed by atoms with van der Waals surface area (Å²) in [7, 11) is 0. The molecular formula is C63H121NO5. The molecular weight excluding hydrogens is 851 g/mol. The summed E-state index contributed by atoms with van der Waals surface area (Å²) in [6.45, 7) is 4.91. The molecule has 0 aliphatic rings. The van der Waals surface area contributed by atoms with E-state index in [2.05, 4.69) is 31.3 Å². The van der Waals surface area contributed by atoms with Gasteiger partial charge in [-0.3, -0.25) is 9.59 Å². The number of aliphatic hydroxyl groups is 2. The fourth-order valence-corrected chi connectivity index (χ4v) is 9.69. The van der Waals surface area contributed by atoms with Gasteiger partial charge in [-0.05, 0) is 57.8 Å². The molecule has 0 aromatic carbocycles. The van der Waals surface area contributed by atoms with Gasteiger partial charge in [-0.15, -0.1) is 0 Å². The van der Waals surface area contributed by atoms with Gasteiger partial charge in [-0.2, -0.15) is 0 Å². The molecule has 0 saturated heterocycles. The van der Waals surface area contributed by atoms with Crippen molar-refractivity contribution in [2.75, 3.05) is 13.2 Å². The topological polar surface area (TPSA) is 95.9 Å². The highest BCUT2D eigenvalue weighted by molar-refractivity contribution is 5.76. The second kappa shape index (κ2) is 58.9. The van der Waals surface area contributed by atoms with Crippen molar-refractivity contribution in [2.45, 2.75) is 353 Å². The first-order valence-corrected chi connectivity index (χ1v) is 31.1. The van der Waals surface area contributed by atoms with Crippen LogP contribution in [0.3, 0.4) is 0 Å². The number of esters is 1. The van der Waals surface area contributed by atoms with Crippen molar-refractivity contribution in [3.8, 4) is 0 Å². The third-order valence-corrected chi connectivity index (χ3v) is 14.5. The lowest BCUT2D eigenvalue weighted by Crippen LogP contribution is -2.45. The number of carbonyl (C=O) groups is 2. The molecule has 0 heterocycles. The van der Waals surface area contributed by atoms with Crippen molar-refractivity contribution >= 4 is 11.9 Å². The van der Waals surface area contributed by atoms with Gasteiger partial charge in [0, 0.05) is 12.8 Å². The predicted molar refractivity (Wildman–Crippen MR) is 301 cm³/mol. The Labute approximate surface area is 431 Å². The molecule has 0 rings (SSSR count). The standard InChI is InChI=1S/C63H121NO5/c1-3-5-7-9-11-13-15-17-19-20-22-26-29-33-37-41-45-49-53-57-63(68)69-58-54-50-46-42-38-34-30-27-24-21-23-25-28-32-36-40-44-48-52-56-62(67)64-60(59-65)61(66)55-51-47-43-39-35-31-18-16-14-12-10-8-6-4-2/h17,19,51,55,60-61,65-66H,3-16,18,20-50,52-54,56-59H2,1-2H3,(H,64,67)/b19-17-,55-51+. The van der Waals surface area contributed by atoms with Gasteiger partial charge in [0.2, 0.25) is 5.91 Å². The lowest BCUT2D eigenvalue weighted by Gasteiger charge is -2.20. The Morgan fingerprint density at radius 2 is 0.681 bits per heavy atom. The molecule has 6 heteroatoms. The SMILES string of the molecule is CCCCCCCC/C=C\CCCCCCCCCCCC(=O)OCCCCCCCCCCCCCCCCCCCCCC(=O)NC(CO)C(O)/C=C/CCCCCCCCCCCCCC. The molecule has 0 aromatic heterocycles. The molecule has 6 nitrogen and oxygen atoms in total. The summed E-state index contributed by atoms with van der Waals surface area (Å²) in [4.78, 5) is 24.6. The van der Waals surface area contributed by atoms with E-state index in [-0.39, 0.29) is 18.5 Å². The Balaban J connectivity index is 3.39. The summed E-state index contributed by atoms with van der Waals surface area (Å²) in [6, 6.07) is -0.629. The van der Waals surface area contributed by atoms with E-state index in [9.17, 15) is 19.8 Å². The van der Waals surface area contributed by atoms with Crippen LogP contribution in [0, 0.1) is 0 Å². The van der Waals surface area contributed by atoms with E-state index in [0.29, 0.717) is 19.4 Å². The summed E-state index contributed by atoms with van der Waals surface area (Å²) < 4.78 is 5.50. The number of aliphatic hydroxyl groups excluding tert-OH is 2. The summed E-state index contributed by atoms with van der Waals surface area (Å²) in [5.41, 5.74) is 0. The Kier molecular flexibility index (Phi) is 57.5. The summed E-state index contributed by atoms with van der Waals surface area (Å²) >= 11 is 0. The maximum atomic E-state index is 12.5. The van der Waals surface area contributed by atoms with E-state index in [1.54, 1.807) is 6.08 Å². The first-order chi connectivity index (χ1) is 34.0. The minimum atomic E-state index is -0.846. The zero-order chi connectivity index (χ0) is 50.0. The van der Waals surface area contributed by atoms with E-state index in [4.69, 9.17) is 4.74 Å². The van der Waals surface area contributed by atoms with Crippen LogP contribution in [-0.2, 0) is 14.3 Å². The van der Waals surface area contributed by atoms with Crippen LogP contribution in [0.2, 0.25) is 0 Å². The average molecular weight is 973 g/mol. The lowest BCUT2D eigenvalue weighted by atomic mass is 10.0. The number of amides is 1. The van der Waals surface area contributed by atoms with Gasteiger partial charge in [0.05, 0.1) is 25.4 Å². The molecule has 2 atom stereocenters. The fraction of sp³-hybridized carbons (Fsp3) is 0.905. The average Bonchev–Trinajstić information content (AvgIpc) is 3.35. The number of ether oxygens (including phenoxy) is 1. The Morgan fingerprint density at radius 3 is 1.03 bits per heavy atom. The van der Waals surface area contributed by atoms with Crippen molar-refractivity contribution in [2.24, 2.45) is 0 Å². The van der Waals surface area contributed by atoms with Crippen molar-refractivity contribution in [1.29, 1.82) is 0 Å². The van der Waals surface area contributed by atoms with Crippen molar-refractivity contribution in [3.63, 3.8) is 0 Å². The van der Waals surface area contributed by atoms with E-state index in [0.717, 1.165) is 44.9 Å². The number of hydrogen-bond acceptors (Lipinski definition) is 5. The maximum absolute atomic E-state index is 12.5. The molecule has 3 N–H and O–H groups in total. The number of rotatable bonds is 58. The molecule has 69 heavy (non-hydrogen) atoms. The minimum absolute atomic E-state index is 0.00826. The summed E-state index contributed by atoms with van der Waals surface area (Å²) in [5.74, 6) is -0.0613. The molecule has 2 unspecified atom stereocenters. The van der Waals surface area contributed by atoms with Gasteiger partial charge in [-0.25, -0.2) is 0 Å². The molecule has 0 bridgehead atoms. The highest BCUT2D eigenvalue weighted by Gasteiger charge is 2.18. The van der Waals surface area contributed by atoms with Gasteiger partial charge in [0.25, 0.3) is 0 Å². The summed E-state index contributed by atoms with van der Waals surface area (Å²) in [5, 5.41) is 23.1. The second-order valence-corrected chi connectivity index (χ2v) is 21.4. The highest BCUT2D eigenvalue weighted by Crippen LogP contribution is 2.17. The monoisotopic (exact) mass is 972 g/mol. The third kappa shape index (κ3) is 55.5. The first-order valence-electron chi connectivity index (χ1n) is 31.1. The molecule has 1 amide bonds. The second-order valence-electron chi connectivity index (χ2n) is 21.4. The van der Waals surface area contributed by atoms with Crippen LogP contribution in [0.1, 0.15) is 341 Å². The molecule has 0 fully saturated rings. The molecule has 0 aliphatic heterocycles. The smallest absolute Gasteiger partial charge is 0.305 e. The van der Waals surface area contributed by atoms with Crippen LogP contribution in [0.25, 0.3) is 0 Å². The van der Waals surface area contributed by atoms with Gasteiger partial charge in [-0.1, -0.05) is 295 Å². The predicted octanol–water partition coefficient (Wildman–Crippen LogP) is 19.4. The van der Waals surface area contributed by atoms with Crippen molar-refractivity contribution in [3.05, 3.63) is 24.3 Å². The van der Waals surface area contributed by atoms with Crippen LogP contribution >= 0.6 is 0 Å². The van der Waals surface area contributed by atoms with Gasteiger partial charge >= 0.3 is 5.97 Å². The molecule has 0 saturated carbocycles.